The van der Waals surface area contributed by atoms with E-state index in [0.29, 0.717) is 5.69 Å². The minimum Gasteiger partial charge on any atom is -0.319 e. The van der Waals surface area contributed by atoms with Gasteiger partial charge in [-0.3, -0.25) is 4.79 Å². The Hall–Kier alpha value is -1.94. The van der Waals surface area contributed by atoms with Crippen molar-refractivity contribution in [3.05, 3.63) is 51.6 Å². The lowest BCUT2D eigenvalue weighted by Crippen LogP contribution is -2.10. The van der Waals surface area contributed by atoms with Crippen LogP contribution in [-0.4, -0.2) is 9.97 Å². The van der Waals surface area contributed by atoms with E-state index < -0.39 is 0 Å². The Morgan fingerprint density at radius 1 is 1.22 bits per heavy atom. The van der Waals surface area contributed by atoms with Gasteiger partial charge < -0.3 is 4.98 Å². The number of para-hydroxylation sites is 2. The molecule has 0 amide bonds. The number of hydrogen-bond acceptors (Lipinski definition) is 3. The van der Waals surface area contributed by atoms with Gasteiger partial charge in [-0.1, -0.05) is 19.1 Å². The van der Waals surface area contributed by atoms with Crippen LogP contribution in [0.25, 0.3) is 21.6 Å². The summed E-state index contributed by atoms with van der Waals surface area (Å²) >= 11 is 1.63. The van der Waals surface area contributed by atoms with Crippen molar-refractivity contribution in [2.24, 2.45) is 0 Å². The molecule has 0 unspecified atom stereocenters. The summed E-state index contributed by atoms with van der Waals surface area (Å²) in [6.07, 6.45) is 0.982. The van der Waals surface area contributed by atoms with Crippen LogP contribution < -0.4 is 5.56 Å². The van der Waals surface area contributed by atoms with Crippen molar-refractivity contribution in [3.63, 3.8) is 0 Å². The van der Waals surface area contributed by atoms with Crippen molar-refractivity contribution >= 4 is 22.4 Å². The number of thiophene rings is 1. The Bertz CT molecular complexity index is 758. The zero-order valence-electron chi connectivity index (χ0n) is 9.93. The molecule has 2 heterocycles. The standard InChI is InChI=1S/C14H12N2OS/c1-2-9-7-8-12(18-9)13-14(17)16-11-6-4-3-5-10(11)15-13/h3-8H,2H2,1H3,(H,16,17). The van der Waals surface area contributed by atoms with Crippen molar-refractivity contribution < 1.29 is 0 Å². The third-order valence-corrected chi connectivity index (χ3v) is 4.08. The van der Waals surface area contributed by atoms with Crippen molar-refractivity contribution in [1.29, 1.82) is 0 Å². The highest BCUT2D eigenvalue weighted by Crippen LogP contribution is 2.25. The van der Waals surface area contributed by atoms with Crippen LogP contribution in [0.5, 0.6) is 0 Å². The van der Waals surface area contributed by atoms with Gasteiger partial charge >= 0.3 is 0 Å². The largest absolute Gasteiger partial charge is 0.319 e. The molecule has 2 aromatic heterocycles. The molecule has 0 spiro atoms. The Morgan fingerprint density at radius 3 is 2.83 bits per heavy atom. The van der Waals surface area contributed by atoms with Crippen LogP contribution in [0, 0.1) is 0 Å². The number of fused-ring (bicyclic) bond motifs is 1. The summed E-state index contributed by atoms with van der Waals surface area (Å²) in [6.45, 7) is 2.10. The zero-order valence-corrected chi connectivity index (χ0v) is 10.8. The summed E-state index contributed by atoms with van der Waals surface area (Å²) in [4.78, 5) is 21.5. The van der Waals surface area contributed by atoms with E-state index in [1.165, 1.54) is 4.88 Å². The first-order chi connectivity index (χ1) is 8.78. The molecule has 0 bridgehead atoms. The van der Waals surface area contributed by atoms with Gasteiger partial charge in [-0.05, 0) is 30.7 Å². The average molecular weight is 256 g/mol. The lowest BCUT2D eigenvalue weighted by molar-refractivity contribution is 1.19. The van der Waals surface area contributed by atoms with Crippen molar-refractivity contribution in [2.45, 2.75) is 13.3 Å². The molecule has 4 heteroatoms. The minimum absolute atomic E-state index is 0.127. The van der Waals surface area contributed by atoms with Gasteiger partial charge in [0.25, 0.3) is 5.56 Å². The maximum atomic E-state index is 12.0. The Labute approximate surface area is 108 Å². The molecular weight excluding hydrogens is 244 g/mol. The molecule has 0 aliphatic heterocycles. The zero-order chi connectivity index (χ0) is 12.5. The topological polar surface area (TPSA) is 45.8 Å². The third-order valence-electron chi connectivity index (χ3n) is 2.84. The van der Waals surface area contributed by atoms with Gasteiger partial charge in [0.05, 0.1) is 15.9 Å². The number of nitrogens with one attached hydrogen (secondary N) is 1. The minimum atomic E-state index is -0.127. The molecule has 18 heavy (non-hydrogen) atoms. The number of benzene rings is 1. The molecule has 0 saturated heterocycles. The molecule has 3 rings (SSSR count). The molecule has 0 fully saturated rings. The Balaban J connectivity index is 2.22. The predicted molar refractivity (Wildman–Crippen MR) is 75.1 cm³/mol. The van der Waals surface area contributed by atoms with Crippen LogP contribution in [0.1, 0.15) is 11.8 Å². The number of nitrogens with zero attached hydrogens (tertiary/aromatic N) is 1. The molecule has 0 atom stereocenters. The predicted octanol–water partition coefficient (Wildman–Crippen LogP) is 3.21. The van der Waals surface area contributed by atoms with Gasteiger partial charge in [0.1, 0.15) is 5.69 Å². The fraction of sp³-hybridized carbons (Fsp3) is 0.143. The highest BCUT2D eigenvalue weighted by Gasteiger charge is 2.09. The molecule has 90 valence electrons. The highest BCUT2D eigenvalue weighted by molar-refractivity contribution is 7.15. The molecule has 1 aromatic carbocycles. The van der Waals surface area contributed by atoms with Gasteiger partial charge in [0.2, 0.25) is 0 Å². The normalized spacial score (nSPS) is 10.9. The van der Waals surface area contributed by atoms with Crippen LogP contribution in [0.3, 0.4) is 0 Å². The average Bonchev–Trinajstić information content (AvgIpc) is 2.86. The van der Waals surface area contributed by atoms with E-state index in [1.54, 1.807) is 11.3 Å². The van der Waals surface area contributed by atoms with Gasteiger partial charge in [0, 0.05) is 4.88 Å². The summed E-state index contributed by atoms with van der Waals surface area (Å²) in [5.41, 5.74) is 1.98. The molecule has 1 N–H and O–H groups in total. The fourth-order valence-electron chi connectivity index (χ4n) is 1.89. The molecule has 3 aromatic rings. The van der Waals surface area contributed by atoms with Crippen molar-refractivity contribution in [1.82, 2.24) is 9.97 Å². The van der Waals surface area contributed by atoms with E-state index in [1.807, 2.05) is 30.3 Å². The first-order valence-electron chi connectivity index (χ1n) is 5.86. The molecule has 0 radical (unpaired) electrons. The maximum absolute atomic E-state index is 12.0. The van der Waals surface area contributed by atoms with E-state index in [4.69, 9.17) is 0 Å². The summed E-state index contributed by atoms with van der Waals surface area (Å²) in [5.74, 6) is 0. The van der Waals surface area contributed by atoms with Crippen LogP contribution in [0.2, 0.25) is 0 Å². The highest BCUT2D eigenvalue weighted by atomic mass is 32.1. The van der Waals surface area contributed by atoms with Crippen molar-refractivity contribution in [2.75, 3.05) is 0 Å². The third kappa shape index (κ3) is 1.84. The summed E-state index contributed by atoms with van der Waals surface area (Å²) in [5, 5.41) is 0. The van der Waals surface area contributed by atoms with Gasteiger partial charge in [-0.15, -0.1) is 11.3 Å². The molecular formula is C14H12N2OS. The summed E-state index contributed by atoms with van der Waals surface area (Å²) in [6, 6.07) is 11.6. The number of H-pyrrole nitrogens is 1. The van der Waals surface area contributed by atoms with E-state index in [2.05, 4.69) is 23.0 Å². The molecule has 0 saturated carbocycles. The maximum Gasteiger partial charge on any atom is 0.275 e. The van der Waals surface area contributed by atoms with E-state index in [-0.39, 0.29) is 5.56 Å². The summed E-state index contributed by atoms with van der Waals surface area (Å²) in [7, 11) is 0. The Morgan fingerprint density at radius 2 is 2.06 bits per heavy atom. The second-order valence-corrected chi connectivity index (χ2v) is 5.22. The lowest BCUT2D eigenvalue weighted by atomic mass is 10.2. The van der Waals surface area contributed by atoms with Crippen LogP contribution in [0.15, 0.2) is 41.2 Å². The van der Waals surface area contributed by atoms with Gasteiger partial charge in [-0.2, -0.15) is 0 Å². The first-order valence-corrected chi connectivity index (χ1v) is 6.67. The SMILES string of the molecule is CCc1ccc(-c2nc3ccccc3[nH]c2=O)s1. The number of aromatic amines is 1. The van der Waals surface area contributed by atoms with Crippen LogP contribution in [0.4, 0.5) is 0 Å². The molecule has 0 aliphatic rings. The van der Waals surface area contributed by atoms with Gasteiger partial charge in [0.15, 0.2) is 0 Å². The van der Waals surface area contributed by atoms with E-state index in [9.17, 15) is 4.79 Å². The van der Waals surface area contributed by atoms with E-state index >= 15 is 0 Å². The molecule has 3 nitrogen and oxygen atoms in total. The fourth-order valence-corrected chi connectivity index (χ4v) is 2.83. The van der Waals surface area contributed by atoms with Gasteiger partial charge in [-0.25, -0.2) is 4.98 Å². The smallest absolute Gasteiger partial charge is 0.275 e. The second kappa shape index (κ2) is 4.38. The number of hydrogen-bond donors (Lipinski definition) is 1. The monoisotopic (exact) mass is 256 g/mol. The van der Waals surface area contributed by atoms with Crippen LogP contribution >= 0.6 is 11.3 Å². The van der Waals surface area contributed by atoms with Crippen LogP contribution in [-0.2, 0) is 6.42 Å². The second-order valence-electron chi connectivity index (χ2n) is 4.05. The van der Waals surface area contributed by atoms with E-state index in [0.717, 1.165) is 22.3 Å². The number of aryl methyl sites for hydroxylation is 1. The number of rotatable bonds is 2. The van der Waals surface area contributed by atoms with Crippen molar-refractivity contribution in [3.8, 4) is 10.6 Å². The first kappa shape index (κ1) is 11.2. The Kier molecular flexibility index (Phi) is 2.72. The molecule has 0 aliphatic carbocycles. The quantitative estimate of drug-likeness (QED) is 0.765. The number of aromatic nitrogens is 2. The lowest BCUT2D eigenvalue weighted by Gasteiger charge is -1.99. The summed E-state index contributed by atoms with van der Waals surface area (Å²) < 4.78 is 0.